The standard InChI is InChI=1S/C20H28ClN3O3S/c1-28(26,27)24-10-8-15(9-11-24)2-5-17-13-22-20(21)12-19(17)23-18-6-3-16(14-25)4-7-18/h12-13,15-16,18,25H,3-4,6-11,14H2,1H3,(H,22,23). The number of halogens is 1. The maximum absolute atomic E-state index is 11.6. The molecule has 2 aliphatic rings. The van der Waals surface area contributed by atoms with Gasteiger partial charge in [-0.25, -0.2) is 17.7 Å². The number of hydrogen-bond acceptors (Lipinski definition) is 5. The van der Waals surface area contributed by atoms with E-state index in [-0.39, 0.29) is 12.5 Å². The van der Waals surface area contributed by atoms with Crippen molar-refractivity contribution in [3.05, 3.63) is 23.0 Å². The molecule has 0 spiro atoms. The summed E-state index contributed by atoms with van der Waals surface area (Å²) >= 11 is 6.09. The zero-order chi connectivity index (χ0) is 20.1. The second kappa shape index (κ2) is 9.45. The van der Waals surface area contributed by atoms with E-state index in [0.717, 1.165) is 49.8 Å². The van der Waals surface area contributed by atoms with E-state index in [9.17, 15) is 13.5 Å². The Morgan fingerprint density at radius 3 is 2.54 bits per heavy atom. The van der Waals surface area contributed by atoms with Crippen LogP contribution in [0.2, 0.25) is 5.15 Å². The zero-order valence-corrected chi connectivity index (χ0v) is 17.8. The van der Waals surface area contributed by atoms with E-state index in [1.165, 1.54) is 10.6 Å². The molecule has 1 saturated carbocycles. The Hall–Kier alpha value is -1.33. The Bertz CT molecular complexity index is 834. The number of nitrogens with zero attached hydrogens (tertiary/aromatic N) is 2. The molecule has 2 N–H and O–H groups in total. The Morgan fingerprint density at radius 2 is 1.93 bits per heavy atom. The molecule has 8 heteroatoms. The minimum absolute atomic E-state index is 0.182. The number of hydrogen-bond donors (Lipinski definition) is 2. The third kappa shape index (κ3) is 5.84. The quantitative estimate of drug-likeness (QED) is 0.572. The molecule has 0 unspecified atom stereocenters. The van der Waals surface area contributed by atoms with Crippen molar-refractivity contribution in [3.8, 4) is 11.8 Å². The molecule has 1 aromatic heterocycles. The van der Waals surface area contributed by atoms with Crippen molar-refractivity contribution < 1.29 is 13.5 Å². The van der Waals surface area contributed by atoms with Crippen molar-refractivity contribution in [1.82, 2.24) is 9.29 Å². The van der Waals surface area contributed by atoms with Crippen molar-refractivity contribution in [2.75, 3.05) is 31.3 Å². The van der Waals surface area contributed by atoms with Crippen molar-refractivity contribution in [3.63, 3.8) is 0 Å². The lowest BCUT2D eigenvalue weighted by molar-refractivity contribution is 0.186. The van der Waals surface area contributed by atoms with Gasteiger partial charge in [-0.2, -0.15) is 0 Å². The summed E-state index contributed by atoms with van der Waals surface area (Å²) in [5.74, 6) is 7.12. The first-order valence-corrected chi connectivity index (χ1v) is 12.1. The van der Waals surface area contributed by atoms with E-state index in [4.69, 9.17) is 11.6 Å². The summed E-state index contributed by atoms with van der Waals surface area (Å²) in [6, 6.07) is 2.16. The highest BCUT2D eigenvalue weighted by Crippen LogP contribution is 2.28. The van der Waals surface area contributed by atoms with Gasteiger partial charge < -0.3 is 10.4 Å². The monoisotopic (exact) mass is 425 g/mol. The maximum atomic E-state index is 11.6. The van der Waals surface area contributed by atoms with Crippen LogP contribution in [-0.4, -0.2) is 54.8 Å². The molecular weight excluding hydrogens is 398 g/mol. The predicted octanol–water partition coefficient (Wildman–Crippen LogP) is 2.72. The van der Waals surface area contributed by atoms with Gasteiger partial charge in [0.1, 0.15) is 5.15 Å². The van der Waals surface area contributed by atoms with Gasteiger partial charge in [0.25, 0.3) is 0 Å². The van der Waals surface area contributed by atoms with Crippen molar-refractivity contribution >= 4 is 27.3 Å². The second-order valence-corrected chi connectivity index (χ2v) is 10.2. The summed E-state index contributed by atoms with van der Waals surface area (Å²) in [6.07, 6.45) is 8.51. The van der Waals surface area contributed by atoms with E-state index < -0.39 is 10.0 Å². The molecule has 2 fully saturated rings. The first kappa shape index (κ1) is 21.4. The molecule has 1 aliphatic carbocycles. The molecule has 1 aliphatic heterocycles. The number of aliphatic hydroxyl groups is 1. The predicted molar refractivity (Wildman–Crippen MR) is 112 cm³/mol. The molecule has 28 heavy (non-hydrogen) atoms. The van der Waals surface area contributed by atoms with Gasteiger partial charge in [-0.15, -0.1) is 0 Å². The van der Waals surface area contributed by atoms with Gasteiger partial charge in [0, 0.05) is 37.9 Å². The molecule has 2 heterocycles. The van der Waals surface area contributed by atoms with Crippen LogP contribution >= 0.6 is 11.6 Å². The Balaban J connectivity index is 1.65. The lowest BCUT2D eigenvalue weighted by atomic mass is 9.86. The van der Waals surface area contributed by atoms with Gasteiger partial charge in [-0.1, -0.05) is 23.4 Å². The molecule has 6 nitrogen and oxygen atoms in total. The van der Waals surface area contributed by atoms with Crippen LogP contribution < -0.4 is 5.32 Å². The summed E-state index contributed by atoms with van der Waals surface area (Å²) in [5.41, 5.74) is 1.72. The lowest BCUT2D eigenvalue weighted by Crippen LogP contribution is -2.37. The third-order valence-electron chi connectivity index (χ3n) is 5.67. The summed E-state index contributed by atoms with van der Waals surface area (Å²) in [6.45, 7) is 1.31. The highest BCUT2D eigenvalue weighted by atomic mass is 35.5. The number of anilines is 1. The fraction of sp³-hybridized carbons (Fsp3) is 0.650. The fourth-order valence-corrected chi connectivity index (χ4v) is 4.90. The largest absolute Gasteiger partial charge is 0.396 e. The van der Waals surface area contributed by atoms with Crippen LogP contribution in [0.1, 0.15) is 44.1 Å². The minimum atomic E-state index is -3.12. The number of pyridine rings is 1. The number of aliphatic hydroxyl groups excluding tert-OH is 1. The average Bonchev–Trinajstić information content (AvgIpc) is 2.67. The maximum Gasteiger partial charge on any atom is 0.211 e. The van der Waals surface area contributed by atoms with Crippen LogP contribution in [-0.2, 0) is 10.0 Å². The van der Waals surface area contributed by atoms with Gasteiger partial charge in [0.15, 0.2) is 0 Å². The van der Waals surface area contributed by atoms with E-state index in [1.807, 2.05) is 6.07 Å². The van der Waals surface area contributed by atoms with Gasteiger partial charge in [-0.05, 0) is 50.5 Å². The molecule has 1 aromatic rings. The van der Waals surface area contributed by atoms with Gasteiger partial charge in [-0.3, -0.25) is 0 Å². The van der Waals surface area contributed by atoms with Crippen molar-refractivity contribution in [1.29, 1.82) is 0 Å². The molecule has 154 valence electrons. The number of rotatable bonds is 4. The van der Waals surface area contributed by atoms with Crippen molar-refractivity contribution in [2.45, 2.75) is 44.6 Å². The van der Waals surface area contributed by atoms with Crippen molar-refractivity contribution in [2.24, 2.45) is 11.8 Å². The Kier molecular flexibility index (Phi) is 7.21. The summed E-state index contributed by atoms with van der Waals surface area (Å²) in [4.78, 5) is 4.17. The summed E-state index contributed by atoms with van der Waals surface area (Å²) in [5, 5.41) is 13.3. The average molecular weight is 426 g/mol. The SMILES string of the molecule is CS(=O)(=O)N1CCC(C#Cc2cnc(Cl)cc2NC2CCC(CO)CC2)CC1. The Labute approximate surface area is 172 Å². The number of sulfonamides is 1. The topological polar surface area (TPSA) is 82.5 Å². The van der Waals surface area contributed by atoms with Gasteiger partial charge in [0.05, 0.1) is 17.5 Å². The molecule has 1 saturated heterocycles. The minimum Gasteiger partial charge on any atom is -0.396 e. The zero-order valence-electron chi connectivity index (χ0n) is 16.2. The molecule has 0 amide bonds. The lowest BCUT2D eigenvalue weighted by Gasteiger charge is -2.29. The fourth-order valence-electron chi connectivity index (χ4n) is 3.87. The van der Waals surface area contributed by atoms with Gasteiger partial charge >= 0.3 is 0 Å². The molecule has 0 atom stereocenters. The normalized spacial score (nSPS) is 24.4. The van der Waals surface area contributed by atoms with E-state index in [1.54, 1.807) is 6.20 Å². The first-order valence-electron chi connectivity index (χ1n) is 9.84. The Morgan fingerprint density at radius 1 is 1.25 bits per heavy atom. The van der Waals surface area contributed by atoms with E-state index in [2.05, 4.69) is 22.1 Å². The highest BCUT2D eigenvalue weighted by Gasteiger charge is 2.24. The highest BCUT2D eigenvalue weighted by molar-refractivity contribution is 7.88. The van der Waals surface area contributed by atoms with Crippen LogP contribution in [0, 0.1) is 23.7 Å². The van der Waals surface area contributed by atoms with Gasteiger partial charge in [0.2, 0.25) is 10.0 Å². The van der Waals surface area contributed by atoms with Crippen LogP contribution in [0.25, 0.3) is 0 Å². The molecule has 0 aromatic carbocycles. The molecule has 0 bridgehead atoms. The van der Waals surface area contributed by atoms with Crippen LogP contribution in [0.3, 0.4) is 0 Å². The smallest absolute Gasteiger partial charge is 0.211 e. The number of nitrogens with one attached hydrogen (secondary N) is 1. The van der Waals surface area contributed by atoms with Crippen LogP contribution in [0.4, 0.5) is 5.69 Å². The second-order valence-electron chi connectivity index (χ2n) is 7.80. The third-order valence-corrected chi connectivity index (χ3v) is 7.18. The van der Waals surface area contributed by atoms with Crippen LogP contribution in [0.5, 0.6) is 0 Å². The summed E-state index contributed by atoms with van der Waals surface area (Å²) in [7, 11) is -3.12. The first-order chi connectivity index (χ1) is 13.3. The number of piperidine rings is 1. The summed E-state index contributed by atoms with van der Waals surface area (Å²) < 4.78 is 24.8. The van der Waals surface area contributed by atoms with E-state index in [0.29, 0.717) is 30.2 Å². The number of aromatic nitrogens is 1. The molecular formula is C20H28ClN3O3S. The van der Waals surface area contributed by atoms with E-state index >= 15 is 0 Å². The molecule has 0 radical (unpaired) electrons. The molecule has 3 rings (SSSR count). The van der Waals surface area contributed by atoms with Crippen LogP contribution in [0.15, 0.2) is 12.3 Å².